The van der Waals surface area contributed by atoms with Crippen LogP contribution in [0.2, 0.25) is 0 Å². The molecule has 1 aliphatic heterocycles. The number of aromatic nitrogens is 4. The second-order valence-electron chi connectivity index (χ2n) is 10.9. The number of rotatable bonds is 9. The molecule has 1 N–H and O–H groups in total. The Morgan fingerprint density at radius 3 is 2.42 bits per heavy atom. The number of carboxylic acid groups (broad SMARTS) is 1. The second-order valence-corrected chi connectivity index (χ2v) is 10.9. The molecule has 2 aromatic heterocycles. The molecule has 0 unspecified atom stereocenters. The molecule has 0 saturated carbocycles. The van der Waals surface area contributed by atoms with Crippen LogP contribution in [0.4, 0.5) is 0 Å². The van der Waals surface area contributed by atoms with E-state index in [0.717, 1.165) is 46.6 Å². The highest BCUT2D eigenvalue weighted by Gasteiger charge is 2.26. The van der Waals surface area contributed by atoms with Crippen molar-refractivity contribution in [3.8, 4) is 22.5 Å². The molecule has 216 valence electrons. The minimum Gasteiger partial charge on any atom is -0.481 e. The first-order chi connectivity index (χ1) is 21.1. The molecule has 3 aromatic carbocycles. The topological polar surface area (TPSA) is 109 Å². The molecular weight excluding hydrogens is 538 g/mol. The zero-order chi connectivity index (χ0) is 29.6. The Bertz CT molecular complexity index is 1740. The third-order valence-corrected chi connectivity index (χ3v) is 8.11. The first-order valence-corrected chi connectivity index (χ1v) is 14.8. The van der Waals surface area contributed by atoms with Crippen molar-refractivity contribution in [1.29, 1.82) is 0 Å². The number of hydrogen-bond acceptors (Lipinski definition) is 6. The largest absolute Gasteiger partial charge is 0.481 e. The number of fused-ring (bicyclic) bond motifs is 1. The van der Waals surface area contributed by atoms with E-state index in [2.05, 4.69) is 28.2 Å². The van der Waals surface area contributed by atoms with Gasteiger partial charge < -0.3 is 10.0 Å². The zero-order valence-electron chi connectivity index (χ0n) is 23.9. The first kappa shape index (κ1) is 28.2. The summed E-state index contributed by atoms with van der Waals surface area (Å²) < 4.78 is 0. The minimum absolute atomic E-state index is 0.000458. The number of hydrogen-bond donors (Lipinski definition) is 1. The molecule has 8 heteroatoms. The Kier molecular flexibility index (Phi) is 8.45. The van der Waals surface area contributed by atoms with E-state index in [-0.39, 0.29) is 12.3 Å². The number of benzene rings is 3. The quantitative estimate of drug-likeness (QED) is 0.199. The van der Waals surface area contributed by atoms with E-state index >= 15 is 0 Å². The number of nitrogens with zero attached hydrogens (tertiary/aromatic N) is 5. The average molecular weight is 572 g/mol. The Hall–Kier alpha value is -4.98. The molecule has 1 saturated heterocycles. The predicted octanol–water partition coefficient (Wildman–Crippen LogP) is 6.57. The lowest BCUT2D eigenvalue weighted by Crippen LogP contribution is -2.38. The molecule has 0 spiro atoms. The summed E-state index contributed by atoms with van der Waals surface area (Å²) >= 11 is 0. The number of amides is 1. The average Bonchev–Trinajstić information content (AvgIpc) is 3.06. The van der Waals surface area contributed by atoms with E-state index in [9.17, 15) is 9.59 Å². The molecular formula is C35H33N5O3. The van der Waals surface area contributed by atoms with Gasteiger partial charge in [-0.3, -0.25) is 19.6 Å². The van der Waals surface area contributed by atoms with Crippen molar-refractivity contribution in [1.82, 2.24) is 24.8 Å². The number of unbranched alkanes of at least 4 members (excludes halogenated alkanes) is 1. The van der Waals surface area contributed by atoms with E-state index < -0.39 is 5.97 Å². The number of carboxylic acids is 1. The van der Waals surface area contributed by atoms with Crippen molar-refractivity contribution < 1.29 is 14.7 Å². The molecule has 0 radical (unpaired) electrons. The van der Waals surface area contributed by atoms with E-state index in [1.807, 2.05) is 59.5 Å². The lowest BCUT2D eigenvalue weighted by atomic mass is 9.85. The van der Waals surface area contributed by atoms with Gasteiger partial charge in [0.1, 0.15) is 0 Å². The van der Waals surface area contributed by atoms with Crippen LogP contribution in [0.1, 0.15) is 59.6 Å². The molecule has 43 heavy (non-hydrogen) atoms. The fourth-order valence-corrected chi connectivity index (χ4v) is 5.89. The molecule has 1 fully saturated rings. The van der Waals surface area contributed by atoms with Gasteiger partial charge in [0.2, 0.25) is 0 Å². The fraction of sp³-hybridized carbons (Fsp3) is 0.257. The number of likely N-dealkylation sites (tertiary alicyclic amines) is 1. The minimum atomic E-state index is -0.797. The van der Waals surface area contributed by atoms with Gasteiger partial charge in [-0.25, -0.2) is 9.97 Å². The van der Waals surface area contributed by atoms with Gasteiger partial charge in [0.05, 0.1) is 34.3 Å². The molecule has 0 bridgehead atoms. The number of carbonyl (C=O) groups excluding carboxylic acids is 1. The number of aryl methyl sites for hydroxylation is 1. The van der Waals surface area contributed by atoms with E-state index in [1.165, 1.54) is 5.56 Å². The maximum absolute atomic E-state index is 13.6. The highest BCUT2D eigenvalue weighted by molar-refractivity contribution is 5.97. The van der Waals surface area contributed by atoms with E-state index in [0.29, 0.717) is 49.4 Å². The Morgan fingerprint density at radius 1 is 0.860 bits per heavy atom. The van der Waals surface area contributed by atoms with Gasteiger partial charge in [-0.05, 0) is 61.8 Å². The number of aliphatic carboxylic acids is 1. The van der Waals surface area contributed by atoms with Crippen LogP contribution >= 0.6 is 0 Å². The SMILES string of the molecule is O=C(O)CCCCc1nc2cc(C(=O)N3CCC(c4ccccc4-c4cnccn4)CC3)ccc2nc1-c1ccccc1. The maximum atomic E-state index is 13.6. The second kappa shape index (κ2) is 12.9. The summed E-state index contributed by atoms with van der Waals surface area (Å²) in [5.41, 5.74) is 7.80. The summed E-state index contributed by atoms with van der Waals surface area (Å²) in [5.74, 6) is -0.459. The van der Waals surface area contributed by atoms with Crippen molar-refractivity contribution in [2.24, 2.45) is 0 Å². The normalized spacial score (nSPS) is 13.7. The third-order valence-electron chi connectivity index (χ3n) is 8.11. The molecule has 0 aliphatic carbocycles. The van der Waals surface area contributed by atoms with Gasteiger partial charge in [-0.1, -0.05) is 54.6 Å². The van der Waals surface area contributed by atoms with Gasteiger partial charge in [0.25, 0.3) is 5.91 Å². The van der Waals surface area contributed by atoms with Crippen molar-refractivity contribution in [2.75, 3.05) is 13.1 Å². The van der Waals surface area contributed by atoms with Gasteiger partial charge >= 0.3 is 5.97 Å². The van der Waals surface area contributed by atoms with Crippen LogP contribution in [0.25, 0.3) is 33.5 Å². The maximum Gasteiger partial charge on any atom is 0.303 e. The number of carbonyl (C=O) groups is 2. The van der Waals surface area contributed by atoms with Crippen molar-refractivity contribution in [2.45, 2.75) is 44.4 Å². The summed E-state index contributed by atoms with van der Waals surface area (Å²) in [4.78, 5) is 45.2. The molecule has 1 amide bonds. The van der Waals surface area contributed by atoms with Crippen molar-refractivity contribution >= 4 is 22.9 Å². The molecule has 8 nitrogen and oxygen atoms in total. The van der Waals surface area contributed by atoms with Crippen molar-refractivity contribution in [3.63, 3.8) is 0 Å². The van der Waals surface area contributed by atoms with Gasteiger partial charge in [0.15, 0.2) is 0 Å². The zero-order valence-corrected chi connectivity index (χ0v) is 23.9. The molecule has 3 heterocycles. The van der Waals surface area contributed by atoms with E-state index in [4.69, 9.17) is 15.1 Å². The lowest BCUT2D eigenvalue weighted by Gasteiger charge is -2.33. The lowest BCUT2D eigenvalue weighted by molar-refractivity contribution is -0.137. The fourth-order valence-electron chi connectivity index (χ4n) is 5.89. The number of piperidine rings is 1. The third kappa shape index (κ3) is 6.43. The van der Waals surface area contributed by atoms with Crippen LogP contribution in [0, 0.1) is 0 Å². The van der Waals surface area contributed by atoms with Crippen LogP contribution in [0.3, 0.4) is 0 Å². The Balaban J connectivity index is 1.20. The van der Waals surface area contributed by atoms with Crippen LogP contribution in [0.5, 0.6) is 0 Å². The monoisotopic (exact) mass is 571 g/mol. The van der Waals surface area contributed by atoms with E-state index in [1.54, 1.807) is 18.6 Å². The predicted molar refractivity (Wildman–Crippen MR) is 166 cm³/mol. The van der Waals surface area contributed by atoms with Crippen LogP contribution in [-0.2, 0) is 11.2 Å². The molecule has 6 rings (SSSR count). The van der Waals surface area contributed by atoms with Crippen molar-refractivity contribution in [3.05, 3.63) is 108 Å². The highest BCUT2D eigenvalue weighted by Crippen LogP contribution is 2.35. The van der Waals surface area contributed by atoms with Crippen LogP contribution in [-0.4, -0.2) is 54.9 Å². The standard InChI is InChI=1S/C35H33N5O3/c41-33(42)13-7-6-12-30-34(25-8-2-1-3-9-25)39-29-15-14-26(22-31(29)38-30)35(43)40-20-16-24(17-21-40)27-10-4-5-11-28(27)32-23-36-18-19-37-32/h1-5,8-11,14-15,18-19,22-24H,6-7,12-13,16-17,20-21H2,(H,41,42). The molecule has 1 aliphatic rings. The molecule has 0 atom stereocenters. The summed E-state index contributed by atoms with van der Waals surface area (Å²) in [6.45, 7) is 1.34. The molecule has 5 aromatic rings. The van der Waals surface area contributed by atoms with Gasteiger partial charge in [-0.15, -0.1) is 0 Å². The van der Waals surface area contributed by atoms with Crippen LogP contribution in [0.15, 0.2) is 91.4 Å². The summed E-state index contributed by atoms with van der Waals surface area (Å²) in [6.07, 6.45) is 8.94. The first-order valence-electron chi connectivity index (χ1n) is 14.8. The highest BCUT2D eigenvalue weighted by atomic mass is 16.4. The summed E-state index contributed by atoms with van der Waals surface area (Å²) in [7, 11) is 0. The Morgan fingerprint density at radius 2 is 1.65 bits per heavy atom. The van der Waals surface area contributed by atoms with Gasteiger partial charge in [0, 0.05) is 48.6 Å². The summed E-state index contributed by atoms with van der Waals surface area (Å²) in [6, 6.07) is 23.8. The van der Waals surface area contributed by atoms with Crippen LogP contribution < -0.4 is 0 Å². The smallest absolute Gasteiger partial charge is 0.303 e. The van der Waals surface area contributed by atoms with Gasteiger partial charge in [-0.2, -0.15) is 0 Å². The summed E-state index contributed by atoms with van der Waals surface area (Å²) in [5, 5.41) is 9.04. The Labute approximate surface area is 250 Å².